The largest absolute Gasteiger partial charge is 0.381 e. The zero-order chi connectivity index (χ0) is 14.0. The molecule has 2 aliphatic rings. The second-order valence-electron chi connectivity index (χ2n) is 5.89. The standard InChI is InChI=1S/C16H20ClNO2/c17-13-4-2-1-3-12(13)5-6-15(19)18-14-11-16(14)7-9-20-10-8-16/h1-4,14H,5-11H2,(H,18,19). The highest BCUT2D eigenvalue weighted by Crippen LogP contribution is 2.53. The Labute approximate surface area is 124 Å². The summed E-state index contributed by atoms with van der Waals surface area (Å²) < 4.78 is 5.39. The summed E-state index contributed by atoms with van der Waals surface area (Å²) in [6.07, 6.45) is 4.50. The van der Waals surface area contributed by atoms with Crippen LogP contribution < -0.4 is 5.32 Å². The minimum atomic E-state index is 0.137. The van der Waals surface area contributed by atoms with Crippen molar-refractivity contribution in [2.24, 2.45) is 5.41 Å². The number of amides is 1. The zero-order valence-electron chi connectivity index (χ0n) is 11.5. The van der Waals surface area contributed by atoms with Gasteiger partial charge in [-0.2, -0.15) is 0 Å². The lowest BCUT2D eigenvalue weighted by Gasteiger charge is -2.22. The summed E-state index contributed by atoms with van der Waals surface area (Å²) >= 11 is 6.10. The molecule has 1 heterocycles. The SMILES string of the molecule is O=C(CCc1ccccc1Cl)NC1CC12CCOCC2. The summed E-state index contributed by atoms with van der Waals surface area (Å²) in [7, 11) is 0. The van der Waals surface area contributed by atoms with Crippen LogP contribution in [0.5, 0.6) is 0 Å². The topological polar surface area (TPSA) is 38.3 Å². The van der Waals surface area contributed by atoms with E-state index in [1.165, 1.54) is 0 Å². The Kier molecular flexibility index (Phi) is 3.99. The average Bonchev–Trinajstić information content (AvgIpc) is 3.10. The lowest BCUT2D eigenvalue weighted by molar-refractivity contribution is -0.121. The molecule has 1 N–H and O–H groups in total. The fraction of sp³-hybridized carbons (Fsp3) is 0.562. The van der Waals surface area contributed by atoms with Crippen molar-refractivity contribution in [1.29, 1.82) is 0 Å². The zero-order valence-corrected chi connectivity index (χ0v) is 12.3. The third-order valence-corrected chi connectivity index (χ3v) is 4.96. The molecular weight excluding hydrogens is 274 g/mol. The van der Waals surface area contributed by atoms with Gasteiger partial charge in [0, 0.05) is 30.7 Å². The fourth-order valence-corrected chi connectivity index (χ4v) is 3.33. The smallest absolute Gasteiger partial charge is 0.220 e. The lowest BCUT2D eigenvalue weighted by atomic mass is 9.96. The molecule has 1 aliphatic carbocycles. The molecule has 1 saturated carbocycles. The number of aryl methyl sites for hydroxylation is 1. The van der Waals surface area contributed by atoms with Crippen molar-refractivity contribution < 1.29 is 9.53 Å². The molecule has 1 unspecified atom stereocenters. The van der Waals surface area contributed by atoms with E-state index in [0.29, 0.717) is 24.3 Å². The molecule has 1 amide bonds. The normalized spacial score (nSPS) is 23.6. The maximum Gasteiger partial charge on any atom is 0.220 e. The Hall–Kier alpha value is -1.06. The van der Waals surface area contributed by atoms with E-state index in [0.717, 1.165) is 43.1 Å². The molecule has 2 fully saturated rings. The van der Waals surface area contributed by atoms with Gasteiger partial charge in [0.1, 0.15) is 0 Å². The predicted octanol–water partition coefficient (Wildman–Crippen LogP) is 2.96. The number of carbonyl (C=O) groups excluding carboxylic acids is 1. The quantitative estimate of drug-likeness (QED) is 0.927. The molecule has 0 aromatic heterocycles. The number of hydrogen-bond acceptors (Lipinski definition) is 2. The van der Waals surface area contributed by atoms with Crippen LogP contribution in [0.15, 0.2) is 24.3 Å². The fourth-order valence-electron chi connectivity index (χ4n) is 3.10. The van der Waals surface area contributed by atoms with E-state index >= 15 is 0 Å². The first-order chi connectivity index (χ1) is 9.70. The van der Waals surface area contributed by atoms with Crippen molar-refractivity contribution >= 4 is 17.5 Å². The Balaban J connectivity index is 1.46. The van der Waals surface area contributed by atoms with E-state index in [2.05, 4.69) is 5.32 Å². The Morgan fingerprint density at radius 2 is 2.10 bits per heavy atom. The van der Waals surface area contributed by atoms with E-state index in [1.807, 2.05) is 24.3 Å². The van der Waals surface area contributed by atoms with Crippen LogP contribution in [0.2, 0.25) is 5.02 Å². The number of carbonyl (C=O) groups is 1. The van der Waals surface area contributed by atoms with E-state index < -0.39 is 0 Å². The highest BCUT2D eigenvalue weighted by atomic mass is 35.5. The number of nitrogens with one attached hydrogen (secondary N) is 1. The highest BCUT2D eigenvalue weighted by Gasteiger charge is 2.54. The second-order valence-corrected chi connectivity index (χ2v) is 6.30. The van der Waals surface area contributed by atoms with E-state index in [4.69, 9.17) is 16.3 Å². The molecule has 1 spiro atoms. The van der Waals surface area contributed by atoms with Crippen LogP contribution in [-0.4, -0.2) is 25.2 Å². The molecule has 1 aliphatic heterocycles. The summed E-state index contributed by atoms with van der Waals surface area (Å²) in [5.41, 5.74) is 1.39. The summed E-state index contributed by atoms with van der Waals surface area (Å²) in [6.45, 7) is 1.68. The third-order valence-electron chi connectivity index (χ3n) is 4.59. The molecule has 20 heavy (non-hydrogen) atoms. The molecule has 1 aromatic rings. The van der Waals surface area contributed by atoms with Crippen molar-refractivity contribution in [3.8, 4) is 0 Å². The van der Waals surface area contributed by atoms with Crippen molar-refractivity contribution in [2.75, 3.05) is 13.2 Å². The number of hydrogen-bond donors (Lipinski definition) is 1. The Bertz CT molecular complexity index is 497. The minimum absolute atomic E-state index is 0.137. The Morgan fingerprint density at radius 3 is 2.85 bits per heavy atom. The van der Waals surface area contributed by atoms with Gasteiger partial charge in [-0.3, -0.25) is 4.79 Å². The molecule has 108 valence electrons. The van der Waals surface area contributed by atoms with Crippen LogP contribution >= 0.6 is 11.6 Å². The van der Waals surface area contributed by atoms with Gasteiger partial charge in [-0.15, -0.1) is 0 Å². The molecule has 4 heteroatoms. The Morgan fingerprint density at radius 1 is 1.35 bits per heavy atom. The van der Waals surface area contributed by atoms with Gasteiger partial charge in [0.05, 0.1) is 0 Å². The van der Waals surface area contributed by atoms with Crippen molar-refractivity contribution in [2.45, 2.75) is 38.1 Å². The van der Waals surface area contributed by atoms with Crippen molar-refractivity contribution in [3.05, 3.63) is 34.9 Å². The van der Waals surface area contributed by atoms with E-state index in [1.54, 1.807) is 0 Å². The third kappa shape index (κ3) is 2.99. The maximum atomic E-state index is 12.0. The summed E-state index contributed by atoms with van der Waals surface area (Å²) in [5.74, 6) is 0.137. The van der Waals surface area contributed by atoms with Crippen LogP contribution in [-0.2, 0) is 16.0 Å². The molecule has 0 radical (unpaired) electrons. The first kappa shape index (κ1) is 13.9. The molecule has 3 rings (SSSR count). The van der Waals surface area contributed by atoms with Crippen molar-refractivity contribution in [1.82, 2.24) is 5.32 Å². The van der Waals surface area contributed by atoms with Crippen LogP contribution in [0.4, 0.5) is 0 Å². The van der Waals surface area contributed by atoms with E-state index in [9.17, 15) is 4.79 Å². The summed E-state index contributed by atoms with van der Waals surface area (Å²) in [5, 5.41) is 3.91. The van der Waals surface area contributed by atoms with Gasteiger partial charge in [-0.25, -0.2) is 0 Å². The van der Waals surface area contributed by atoms with Gasteiger partial charge in [-0.1, -0.05) is 29.8 Å². The summed E-state index contributed by atoms with van der Waals surface area (Å²) in [4.78, 5) is 12.0. The molecule has 1 saturated heterocycles. The van der Waals surface area contributed by atoms with Crippen LogP contribution in [0.25, 0.3) is 0 Å². The second kappa shape index (κ2) is 5.74. The molecule has 1 aromatic carbocycles. The lowest BCUT2D eigenvalue weighted by Crippen LogP contribution is -2.32. The van der Waals surface area contributed by atoms with Gasteiger partial charge in [-0.05, 0) is 42.7 Å². The van der Waals surface area contributed by atoms with Crippen molar-refractivity contribution in [3.63, 3.8) is 0 Å². The first-order valence-electron chi connectivity index (χ1n) is 7.30. The monoisotopic (exact) mass is 293 g/mol. The van der Waals surface area contributed by atoms with Gasteiger partial charge >= 0.3 is 0 Å². The molecule has 3 nitrogen and oxygen atoms in total. The predicted molar refractivity (Wildman–Crippen MR) is 78.8 cm³/mol. The van der Waals surface area contributed by atoms with Crippen LogP contribution in [0.3, 0.4) is 0 Å². The summed E-state index contributed by atoms with van der Waals surface area (Å²) in [6, 6.07) is 8.08. The maximum absolute atomic E-state index is 12.0. The number of benzene rings is 1. The molecule has 1 atom stereocenters. The van der Waals surface area contributed by atoms with Gasteiger partial charge in [0.25, 0.3) is 0 Å². The van der Waals surface area contributed by atoms with E-state index in [-0.39, 0.29) is 5.91 Å². The van der Waals surface area contributed by atoms with Gasteiger partial charge in [0.15, 0.2) is 0 Å². The molecule has 0 bridgehead atoms. The number of halogens is 1. The van der Waals surface area contributed by atoms with Gasteiger partial charge < -0.3 is 10.1 Å². The first-order valence-corrected chi connectivity index (χ1v) is 7.68. The van der Waals surface area contributed by atoms with Crippen LogP contribution in [0.1, 0.15) is 31.2 Å². The molecular formula is C16H20ClNO2. The minimum Gasteiger partial charge on any atom is -0.381 e. The van der Waals surface area contributed by atoms with Gasteiger partial charge in [0.2, 0.25) is 5.91 Å². The average molecular weight is 294 g/mol. The number of ether oxygens (including phenoxy) is 1. The highest BCUT2D eigenvalue weighted by molar-refractivity contribution is 6.31. The van der Waals surface area contributed by atoms with Crippen LogP contribution in [0, 0.1) is 5.41 Å². The number of rotatable bonds is 4.